The molecule has 254 valence electrons. The first kappa shape index (κ1) is 35.4. The normalized spacial score (nSPS) is 19.7. The molecule has 0 saturated heterocycles. The molecule has 0 spiro atoms. The number of likely N-dealkylation sites (N-methyl/N-ethyl adjacent to an activating group) is 1. The van der Waals surface area contributed by atoms with Gasteiger partial charge in [0.1, 0.15) is 23.2 Å². The van der Waals surface area contributed by atoms with E-state index in [0.29, 0.717) is 35.9 Å². The highest BCUT2D eigenvalue weighted by Gasteiger charge is 2.34. The van der Waals surface area contributed by atoms with Crippen molar-refractivity contribution >= 4 is 52.0 Å². The summed E-state index contributed by atoms with van der Waals surface area (Å²) in [5, 5.41) is 21.4. The average molecular weight is 692 g/mol. The van der Waals surface area contributed by atoms with Crippen LogP contribution in [0, 0.1) is 6.92 Å². The molecule has 1 aliphatic rings. The standard InChI is InChI=1S/C35H42ClN7O4S/c1-21-14-24-19-41-33(46)30(16-23-18-39-27-10-4-3-9-25(23)27)43(2)35(47)28(11-5-6-12-37)42-32(45)29(20-44)40-17-22-8-7-13-38-34(22)48-31(24)26(36)15-21/h3-4,7-10,13-15,18,28-30,39-40,44H,5-6,11-12,16-17,19-20,37H2,1-2H3,(H,41,46)(H,42,45). The number of nitrogens with zero attached hydrogens (tertiary/aromatic N) is 2. The number of benzene rings is 2. The number of aliphatic hydroxyl groups is 1. The number of halogens is 1. The van der Waals surface area contributed by atoms with Crippen molar-refractivity contribution in [3.63, 3.8) is 0 Å². The van der Waals surface area contributed by atoms with Gasteiger partial charge in [-0.05, 0) is 73.2 Å². The Hall–Kier alpha value is -3.94. The van der Waals surface area contributed by atoms with Gasteiger partial charge in [-0.25, -0.2) is 4.98 Å². The van der Waals surface area contributed by atoms with Crippen molar-refractivity contribution in [3.8, 4) is 0 Å². The van der Waals surface area contributed by atoms with Crippen LogP contribution in [0.2, 0.25) is 5.02 Å². The lowest BCUT2D eigenvalue weighted by molar-refractivity contribution is -0.142. The van der Waals surface area contributed by atoms with Crippen molar-refractivity contribution in [1.82, 2.24) is 30.8 Å². The molecule has 0 aliphatic carbocycles. The maximum atomic E-state index is 14.2. The molecule has 7 N–H and O–H groups in total. The van der Waals surface area contributed by atoms with Crippen molar-refractivity contribution in [3.05, 3.63) is 88.2 Å². The lowest BCUT2D eigenvalue weighted by atomic mass is 10.0. The molecular weight excluding hydrogens is 650 g/mol. The van der Waals surface area contributed by atoms with Crippen LogP contribution in [0.5, 0.6) is 0 Å². The Labute approximate surface area is 289 Å². The minimum absolute atomic E-state index is 0.165. The molecule has 0 fully saturated rings. The van der Waals surface area contributed by atoms with Crippen molar-refractivity contribution in [2.75, 3.05) is 20.2 Å². The number of hydrogen-bond donors (Lipinski definition) is 6. The molecule has 2 aromatic carbocycles. The maximum Gasteiger partial charge on any atom is 0.245 e. The van der Waals surface area contributed by atoms with E-state index in [1.807, 2.05) is 55.6 Å². The number of aryl methyl sites for hydroxylation is 1. The topological polar surface area (TPSA) is 165 Å². The number of pyridine rings is 1. The van der Waals surface area contributed by atoms with Crippen LogP contribution in [0.3, 0.4) is 0 Å². The van der Waals surface area contributed by atoms with Gasteiger partial charge >= 0.3 is 0 Å². The van der Waals surface area contributed by atoms with Gasteiger partial charge in [-0.3, -0.25) is 19.7 Å². The fraction of sp³-hybridized carbons (Fsp3) is 0.371. The van der Waals surface area contributed by atoms with E-state index in [2.05, 4.69) is 25.9 Å². The number of para-hydroxylation sites is 1. The Kier molecular flexibility index (Phi) is 12.1. The van der Waals surface area contributed by atoms with E-state index in [4.69, 9.17) is 17.3 Å². The van der Waals surface area contributed by atoms with Crippen LogP contribution in [-0.2, 0) is 33.9 Å². The monoisotopic (exact) mass is 691 g/mol. The zero-order valence-electron chi connectivity index (χ0n) is 27.1. The van der Waals surface area contributed by atoms with Crippen molar-refractivity contribution < 1.29 is 19.5 Å². The zero-order valence-corrected chi connectivity index (χ0v) is 28.7. The highest BCUT2D eigenvalue weighted by atomic mass is 35.5. The number of aromatic nitrogens is 2. The highest BCUT2D eigenvalue weighted by Crippen LogP contribution is 2.37. The van der Waals surface area contributed by atoms with Crippen LogP contribution in [0.15, 0.2) is 70.8 Å². The Balaban J connectivity index is 1.56. The fourth-order valence-electron chi connectivity index (χ4n) is 5.90. The van der Waals surface area contributed by atoms with E-state index in [1.54, 1.807) is 19.3 Å². The van der Waals surface area contributed by atoms with E-state index in [9.17, 15) is 19.5 Å². The third kappa shape index (κ3) is 8.37. The van der Waals surface area contributed by atoms with Gasteiger partial charge in [0.2, 0.25) is 17.7 Å². The molecule has 0 radical (unpaired) electrons. The van der Waals surface area contributed by atoms with E-state index < -0.39 is 36.5 Å². The summed E-state index contributed by atoms with van der Waals surface area (Å²) in [6, 6.07) is 12.5. The number of aliphatic hydroxyl groups excluding tert-OH is 1. The van der Waals surface area contributed by atoms with Gasteiger partial charge in [-0.2, -0.15) is 0 Å². The van der Waals surface area contributed by atoms with E-state index >= 15 is 0 Å². The minimum Gasteiger partial charge on any atom is -0.394 e. The van der Waals surface area contributed by atoms with Crippen LogP contribution < -0.4 is 21.7 Å². The average Bonchev–Trinajstić information content (AvgIpc) is 3.49. The summed E-state index contributed by atoms with van der Waals surface area (Å²) < 4.78 is 0. The largest absolute Gasteiger partial charge is 0.394 e. The Bertz CT molecular complexity index is 1770. The molecule has 3 unspecified atom stereocenters. The van der Waals surface area contributed by atoms with Gasteiger partial charge in [0.05, 0.1) is 11.6 Å². The molecule has 0 saturated carbocycles. The number of carbonyl (C=O) groups is 3. The van der Waals surface area contributed by atoms with Crippen molar-refractivity contribution in [2.24, 2.45) is 5.73 Å². The smallest absolute Gasteiger partial charge is 0.245 e. The quantitative estimate of drug-likeness (QED) is 0.161. The fourth-order valence-corrected chi connectivity index (χ4v) is 7.31. The van der Waals surface area contributed by atoms with Gasteiger partial charge in [-0.1, -0.05) is 53.7 Å². The first-order valence-corrected chi connectivity index (χ1v) is 17.2. The lowest BCUT2D eigenvalue weighted by Crippen LogP contribution is -2.57. The van der Waals surface area contributed by atoms with Gasteiger partial charge in [-0.15, -0.1) is 0 Å². The predicted molar refractivity (Wildman–Crippen MR) is 188 cm³/mol. The first-order valence-electron chi connectivity index (χ1n) is 16.0. The van der Waals surface area contributed by atoms with Crippen LogP contribution in [0.4, 0.5) is 0 Å². The van der Waals surface area contributed by atoms with Crippen LogP contribution in [0.1, 0.15) is 41.5 Å². The number of rotatable bonds is 7. The first-order chi connectivity index (χ1) is 23.2. The number of unbranched alkanes of at least 4 members (excludes halogenated alkanes) is 1. The third-order valence-corrected chi connectivity index (χ3v) is 10.2. The van der Waals surface area contributed by atoms with Gasteiger partial charge in [0.25, 0.3) is 0 Å². The molecule has 0 bridgehead atoms. The number of fused-ring (bicyclic) bond motifs is 3. The summed E-state index contributed by atoms with van der Waals surface area (Å²) in [7, 11) is 1.59. The molecule has 1 aliphatic heterocycles. The molecule has 2 aromatic heterocycles. The Morgan fingerprint density at radius 2 is 1.85 bits per heavy atom. The number of H-pyrrole nitrogens is 1. The van der Waals surface area contributed by atoms with Gasteiger partial charge in [0, 0.05) is 54.8 Å². The van der Waals surface area contributed by atoms with Crippen molar-refractivity contribution in [2.45, 2.75) is 73.7 Å². The molecule has 3 atom stereocenters. The summed E-state index contributed by atoms with van der Waals surface area (Å²) in [5.41, 5.74) is 10.1. The summed E-state index contributed by atoms with van der Waals surface area (Å²) in [5.74, 6) is -1.29. The summed E-state index contributed by atoms with van der Waals surface area (Å²) >= 11 is 8.17. The molecule has 48 heavy (non-hydrogen) atoms. The Morgan fingerprint density at radius 3 is 2.65 bits per heavy atom. The van der Waals surface area contributed by atoms with Crippen LogP contribution in [0.25, 0.3) is 10.9 Å². The number of nitrogens with two attached hydrogens (primary N) is 1. The SMILES string of the molecule is Cc1cc(Cl)c2c(c1)CNC(=O)C(Cc1c[nH]c3ccccc13)N(C)C(=O)C(CCCCN)NC(=O)C(CO)NCc1cccnc1S2. The molecule has 11 nitrogen and oxygen atoms in total. The van der Waals surface area contributed by atoms with E-state index in [1.165, 1.54) is 16.7 Å². The van der Waals surface area contributed by atoms with Crippen LogP contribution >= 0.6 is 23.4 Å². The molecular formula is C35H42ClN7O4S. The number of aromatic amines is 1. The second-order valence-electron chi connectivity index (χ2n) is 12.0. The van der Waals surface area contributed by atoms with Gasteiger partial charge < -0.3 is 31.4 Å². The lowest BCUT2D eigenvalue weighted by Gasteiger charge is -2.31. The Morgan fingerprint density at radius 1 is 1.04 bits per heavy atom. The number of hydrogen-bond acceptors (Lipinski definition) is 8. The second-order valence-corrected chi connectivity index (χ2v) is 13.4. The molecule has 4 aromatic rings. The van der Waals surface area contributed by atoms with E-state index in [0.717, 1.165) is 38.1 Å². The maximum absolute atomic E-state index is 14.2. The summed E-state index contributed by atoms with van der Waals surface area (Å²) in [4.78, 5) is 51.9. The van der Waals surface area contributed by atoms with Crippen LogP contribution in [-0.4, -0.2) is 76.0 Å². The van der Waals surface area contributed by atoms with E-state index in [-0.39, 0.29) is 25.4 Å². The molecule has 3 heterocycles. The second kappa shape index (κ2) is 16.4. The number of carbonyl (C=O) groups excluding carboxylic acids is 3. The number of nitrogens with one attached hydrogen (secondary N) is 4. The predicted octanol–water partition coefficient (Wildman–Crippen LogP) is 3.44. The molecule has 3 amide bonds. The van der Waals surface area contributed by atoms with Gasteiger partial charge in [0.15, 0.2) is 0 Å². The number of amides is 3. The highest BCUT2D eigenvalue weighted by molar-refractivity contribution is 7.99. The molecule has 5 rings (SSSR count). The zero-order chi connectivity index (χ0) is 34.2. The molecule has 13 heteroatoms. The third-order valence-electron chi connectivity index (χ3n) is 8.57. The summed E-state index contributed by atoms with van der Waals surface area (Å²) in [6.07, 6.45) is 5.33. The van der Waals surface area contributed by atoms with Crippen molar-refractivity contribution in [1.29, 1.82) is 0 Å². The summed E-state index contributed by atoms with van der Waals surface area (Å²) in [6.45, 7) is 2.27. The minimum atomic E-state index is -1.00.